The van der Waals surface area contributed by atoms with Crippen molar-refractivity contribution in [2.24, 2.45) is 0 Å². The van der Waals surface area contributed by atoms with Crippen molar-refractivity contribution >= 4 is 34.5 Å². The van der Waals surface area contributed by atoms with Crippen LogP contribution in [0.2, 0.25) is 0 Å². The fraction of sp³-hybridized carbons (Fsp3) is 0.385. The van der Waals surface area contributed by atoms with Crippen LogP contribution in [0, 0.1) is 0 Å². The molecule has 2 amide bonds. The third-order valence-electron chi connectivity index (χ3n) is 6.62. The molecule has 5 rings (SSSR count). The van der Waals surface area contributed by atoms with Gasteiger partial charge in [-0.1, -0.05) is 36.4 Å². The number of carbonyl (C=O) groups excluding carboxylic acids is 2. The first-order chi connectivity index (χ1) is 16.7. The van der Waals surface area contributed by atoms with Crippen LogP contribution in [0.15, 0.2) is 59.3 Å². The predicted octanol–water partition coefficient (Wildman–Crippen LogP) is 3.22. The summed E-state index contributed by atoms with van der Waals surface area (Å²) in [6, 6.07) is 16.4. The lowest BCUT2D eigenvalue weighted by molar-refractivity contribution is -0.135. The van der Waals surface area contributed by atoms with Gasteiger partial charge in [0.15, 0.2) is 0 Å². The first kappa shape index (κ1) is 23.2. The van der Waals surface area contributed by atoms with Crippen LogP contribution in [0.4, 0.5) is 0 Å². The van der Waals surface area contributed by atoms with E-state index < -0.39 is 0 Å². The van der Waals surface area contributed by atoms with Crippen molar-refractivity contribution in [1.82, 2.24) is 20.0 Å². The summed E-state index contributed by atoms with van der Waals surface area (Å²) in [5, 5.41) is 7.24. The van der Waals surface area contributed by atoms with E-state index in [9.17, 15) is 9.59 Å². The third-order valence-corrected chi connectivity index (χ3v) is 8.54. The van der Waals surface area contributed by atoms with Gasteiger partial charge in [0.1, 0.15) is 0 Å². The molecule has 1 atom stereocenters. The lowest BCUT2D eigenvalue weighted by atomic mass is 9.98. The van der Waals surface area contributed by atoms with Gasteiger partial charge in [-0.05, 0) is 40.4 Å². The normalized spacial score (nSPS) is 19.1. The number of nitrogens with one attached hydrogen (secondary N) is 1. The molecule has 0 bridgehead atoms. The van der Waals surface area contributed by atoms with Crippen molar-refractivity contribution in [2.45, 2.75) is 19.0 Å². The fourth-order valence-corrected chi connectivity index (χ4v) is 6.54. The number of thiophene rings is 2. The molecule has 6 nitrogen and oxygen atoms in total. The second-order valence-electron chi connectivity index (χ2n) is 8.87. The van der Waals surface area contributed by atoms with E-state index in [1.54, 1.807) is 22.7 Å². The van der Waals surface area contributed by atoms with Crippen LogP contribution in [-0.2, 0) is 22.6 Å². The van der Waals surface area contributed by atoms with E-state index in [-0.39, 0.29) is 17.9 Å². The lowest BCUT2D eigenvalue weighted by Gasteiger charge is -2.38. The van der Waals surface area contributed by atoms with Crippen LogP contribution in [-0.4, -0.2) is 72.3 Å². The van der Waals surface area contributed by atoms with E-state index in [4.69, 9.17) is 0 Å². The van der Waals surface area contributed by atoms with Crippen LogP contribution < -0.4 is 5.32 Å². The molecule has 0 spiro atoms. The number of benzene rings is 1. The van der Waals surface area contributed by atoms with Crippen molar-refractivity contribution in [1.29, 1.82) is 0 Å². The number of nitrogens with zero attached hydrogens (tertiary/aromatic N) is 3. The van der Waals surface area contributed by atoms with Crippen molar-refractivity contribution in [3.63, 3.8) is 0 Å². The van der Waals surface area contributed by atoms with Gasteiger partial charge in [-0.15, -0.1) is 22.7 Å². The SMILES string of the molecule is O=C(CN1CCN(CC(=O)N2CCc3sccc3[C@H]2c2cccs2)CC1)NCc1ccccc1. The second-order valence-corrected chi connectivity index (χ2v) is 10.8. The summed E-state index contributed by atoms with van der Waals surface area (Å²) in [5.41, 5.74) is 2.39. The topological polar surface area (TPSA) is 55.9 Å². The van der Waals surface area contributed by atoms with Gasteiger partial charge in [0.25, 0.3) is 0 Å². The first-order valence-electron chi connectivity index (χ1n) is 11.8. The summed E-state index contributed by atoms with van der Waals surface area (Å²) in [4.78, 5) is 34.9. The fourth-order valence-electron chi connectivity index (χ4n) is 4.78. The van der Waals surface area contributed by atoms with Crippen LogP contribution in [0.5, 0.6) is 0 Å². The summed E-state index contributed by atoms with van der Waals surface area (Å²) in [6.45, 7) is 5.39. The largest absolute Gasteiger partial charge is 0.351 e. The maximum Gasteiger partial charge on any atom is 0.237 e. The second kappa shape index (κ2) is 10.8. The quantitative estimate of drug-likeness (QED) is 0.548. The summed E-state index contributed by atoms with van der Waals surface area (Å²) in [6.07, 6.45) is 0.937. The number of carbonyl (C=O) groups is 2. The predicted molar refractivity (Wildman–Crippen MR) is 137 cm³/mol. The van der Waals surface area contributed by atoms with Crippen molar-refractivity contribution in [3.05, 3.63) is 80.2 Å². The van der Waals surface area contributed by atoms with E-state index >= 15 is 0 Å². The van der Waals surface area contributed by atoms with E-state index in [0.717, 1.165) is 44.7 Å². The molecule has 2 aliphatic rings. The van der Waals surface area contributed by atoms with Gasteiger partial charge >= 0.3 is 0 Å². The zero-order valence-electron chi connectivity index (χ0n) is 19.2. The number of fused-ring (bicyclic) bond motifs is 1. The number of hydrogen-bond acceptors (Lipinski definition) is 6. The highest BCUT2D eigenvalue weighted by Gasteiger charge is 2.34. The zero-order valence-corrected chi connectivity index (χ0v) is 20.8. The van der Waals surface area contributed by atoms with Gasteiger partial charge in [-0.3, -0.25) is 19.4 Å². The molecule has 2 aliphatic heterocycles. The highest BCUT2D eigenvalue weighted by Crippen LogP contribution is 2.39. The Bertz CT molecular complexity index is 1090. The third kappa shape index (κ3) is 5.41. The number of hydrogen-bond donors (Lipinski definition) is 1. The minimum absolute atomic E-state index is 0.0390. The van der Waals surface area contributed by atoms with Crippen molar-refractivity contribution in [2.75, 3.05) is 45.8 Å². The Morgan fingerprint density at radius 1 is 0.853 bits per heavy atom. The Hall–Kier alpha value is -2.52. The summed E-state index contributed by atoms with van der Waals surface area (Å²) >= 11 is 3.53. The standard InChI is InChI=1S/C26H30N4O2S2/c31-24(27-17-20-5-2-1-3-6-20)18-28-11-13-29(14-12-28)19-25(32)30-10-8-22-21(9-16-34-22)26(30)23-7-4-15-33-23/h1-7,9,15-16,26H,8,10-14,17-19H2,(H,27,31)/t26-/m0/s1. The zero-order chi connectivity index (χ0) is 23.3. The molecular weight excluding hydrogens is 464 g/mol. The van der Waals surface area contributed by atoms with E-state index in [2.05, 4.69) is 49.0 Å². The Morgan fingerprint density at radius 3 is 2.35 bits per heavy atom. The Labute approximate surface area is 208 Å². The monoisotopic (exact) mass is 494 g/mol. The summed E-state index contributed by atoms with van der Waals surface area (Å²) < 4.78 is 0. The lowest BCUT2D eigenvalue weighted by Crippen LogP contribution is -2.52. The summed E-state index contributed by atoms with van der Waals surface area (Å²) in [7, 11) is 0. The number of piperazine rings is 1. The Balaban J connectivity index is 1.11. The van der Waals surface area contributed by atoms with Gasteiger partial charge < -0.3 is 10.2 Å². The summed E-state index contributed by atoms with van der Waals surface area (Å²) in [5.74, 6) is 0.247. The molecule has 1 aromatic carbocycles. The molecule has 1 fully saturated rings. The van der Waals surface area contributed by atoms with E-state index in [1.807, 2.05) is 30.3 Å². The molecular formula is C26H30N4O2S2. The van der Waals surface area contributed by atoms with E-state index in [0.29, 0.717) is 19.6 Å². The molecule has 0 radical (unpaired) electrons. The Morgan fingerprint density at radius 2 is 1.62 bits per heavy atom. The van der Waals surface area contributed by atoms with Crippen LogP contribution in [0.1, 0.15) is 26.9 Å². The van der Waals surface area contributed by atoms with Crippen LogP contribution in [0.3, 0.4) is 0 Å². The molecule has 1 N–H and O–H groups in total. The average molecular weight is 495 g/mol. The highest BCUT2D eigenvalue weighted by molar-refractivity contribution is 7.10. The minimum atomic E-state index is 0.0390. The molecule has 0 aliphatic carbocycles. The van der Waals surface area contributed by atoms with Gasteiger partial charge in [0.2, 0.25) is 11.8 Å². The van der Waals surface area contributed by atoms with Crippen molar-refractivity contribution in [3.8, 4) is 0 Å². The first-order valence-corrected chi connectivity index (χ1v) is 13.6. The van der Waals surface area contributed by atoms with Gasteiger partial charge in [0.05, 0.1) is 19.1 Å². The molecule has 2 aromatic heterocycles. The molecule has 0 saturated carbocycles. The molecule has 3 aromatic rings. The minimum Gasteiger partial charge on any atom is -0.351 e. The van der Waals surface area contributed by atoms with Crippen LogP contribution >= 0.6 is 22.7 Å². The highest BCUT2D eigenvalue weighted by atomic mass is 32.1. The molecule has 0 unspecified atom stereocenters. The van der Waals surface area contributed by atoms with Gasteiger partial charge in [0, 0.05) is 49.0 Å². The van der Waals surface area contributed by atoms with Crippen molar-refractivity contribution < 1.29 is 9.59 Å². The van der Waals surface area contributed by atoms with Crippen LogP contribution in [0.25, 0.3) is 0 Å². The maximum absolute atomic E-state index is 13.4. The molecule has 178 valence electrons. The number of amides is 2. The molecule has 8 heteroatoms. The molecule has 1 saturated heterocycles. The molecule has 4 heterocycles. The maximum atomic E-state index is 13.4. The molecule has 34 heavy (non-hydrogen) atoms. The number of rotatable bonds is 7. The van der Waals surface area contributed by atoms with Gasteiger partial charge in [-0.2, -0.15) is 0 Å². The average Bonchev–Trinajstić information content (AvgIpc) is 3.56. The van der Waals surface area contributed by atoms with Gasteiger partial charge in [-0.25, -0.2) is 0 Å². The smallest absolute Gasteiger partial charge is 0.237 e. The van der Waals surface area contributed by atoms with E-state index in [1.165, 1.54) is 15.3 Å². The Kier molecular flexibility index (Phi) is 7.39.